The van der Waals surface area contributed by atoms with Crippen LogP contribution < -0.4 is 0 Å². The third-order valence-electron chi connectivity index (χ3n) is 10.1. The number of cyclic esters (lactones) is 1. The van der Waals surface area contributed by atoms with Crippen molar-refractivity contribution in [3.05, 3.63) is 35.8 Å². The van der Waals surface area contributed by atoms with Crippen LogP contribution in [-0.2, 0) is 33.4 Å². The van der Waals surface area contributed by atoms with Gasteiger partial charge in [-0.1, -0.05) is 39.3 Å². The number of carbonyl (C=O) groups excluding carboxylic acids is 4. The van der Waals surface area contributed by atoms with Crippen molar-refractivity contribution in [2.45, 2.75) is 72.5 Å². The number of esters is 3. The Kier molecular flexibility index (Phi) is 5.96. The summed E-state index contributed by atoms with van der Waals surface area (Å²) in [7, 11) is 1.34. The Bertz CT molecular complexity index is 1160. The molecular weight excluding hydrogens is 476 g/mol. The average molecular weight is 513 g/mol. The molecule has 1 aliphatic heterocycles. The van der Waals surface area contributed by atoms with E-state index in [4.69, 9.17) is 18.6 Å². The zero-order valence-corrected chi connectivity index (χ0v) is 22.4. The lowest BCUT2D eigenvalue weighted by atomic mass is 9.40. The lowest BCUT2D eigenvalue weighted by molar-refractivity contribution is -0.196. The molecule has 0 N–H and O–H groups in total. The molecule has 2 saturated carbocycles. The second kappa shape index (κ2) is 8.57. The maximum absolute atomic E-state index is 14.2. The highest BCUT2D eigenvalue weighted by atomic mass is 16.6. The van der Waals surface area contributed by atoms with E-state index in [9.17, 15) is 19.2 Å². The van der Waals surface area contributed by atoms with Gasteiger partial charge in [0.2, 0.25) is 0 Å². The molecule has 3 fully saturated rings. The van der Waals surface area contributed by atoms with E-state index >= 15 is 0 Å². The second-order valence-electron chi connectivity index (χ2n) is 12.3. The van der Waals surface area contributed by atoms with Crippen LogP contribution in [0.3, 0.4) is 0 Å². The van der Waals surface area contributed by atoms with E-state index in [-0.39, 0.29) is 36.4 Å². The van der Waals surface area contributed by atoms with Gasteiger partial charge in [-0.15, -0.1) is 0 Å². The summed E-state index contributed by atoms with van der Waals surface area (Å²) in [5, 5.41) is 0. The Morgan fingerprint density at radius 1 is 1.14 bits per heavy atom. The van der Waals surface area contributed by atoms with Gasteiger partial charge in [0, 0.05) is 35.2 Å². The lowest BCUT2D eigenvalue weighted by Crippen LogP contribution is -2.66. The molecule has 8 atom stereocenters. The van der Waals surface area contributed by atoms with Gasteiger partial charge in [0.15, 0.2) is 0 Å². The largest absolute Gasteiger partial charge is 0.472 e. The molecule has 1 saturated heterocycles. The van der Waals surface area contributed by atoms with E-state index in [1.807, 2.05) is 32.9 Å². The molecule has 4 aliphatic rings. The summed E-state index contributed by atoms with van der Waals surface area (Å²) in [6.45, 7) is 9.41. The van der Waals surface area contributed by atoms with Gasteiger partial charge in [-0.2, -0.15) is 0 Å². The average Bonchev–Trinajstić information content (AvgIpc) is 3.36. The molecule has 8 nitrogen and oxygen atoms in total. The minimum Gasteiger partial charge on any atom is -0.472 e. The molecule has 0 spiro atoms. The topological polar surface area (TPSA) is 109 Å². The molecule has 0 amide bonds. The van der Waals surface area contributed by atoms with Crippen LogP contribution in [0.2, 0.25) is 0 Å². The van der Waals surface area contributed by atoms with E-state index in [1.165, 1.54) is 14.0 Å². The number of fused-ring (bicyclic) bond motifs is 6. The fraction of sp³-hybridized carbons (Fsp3) is 0.655. The molecular formula is C29H36O8. The van der Waals surface area contributed by atoms with Crippen LogP contribution in [0.15, 0.2) is 34.7 Å². The minimum absolute atomic E-state index is 0.00546. The molecule has 1 aromatic heterocycles. The van der Waals surface area contributed by atoms with E-state index in [1.54, 1.807) is 12.5 Å². The zero-order valence-electron chi connectivity index (χ0n) is 22.4. The summed E-state index contributed by atoms with van der Waals surface area (Å²) in [4.78, 5) is 52.0. The van der Waals surface area contributed by atoms with Crippen LogP contribution in [0, 0.1) is 39.9 Å². The van der Waals surface area contributed by atoms with Crippen LogP contribution in [0.4, 0.5) is 0 Å². The number of ketones is 1. The van der Waals surface area contributed by atoms with Crippen molar-refractivity contribution >= 4 is 23.7 Å². The van der Waals surface area contributed by atoms with Crippen LogP contribution in [0.5, 0.6) is 0 Å². The Morgan fingerprint density at radius 2 is 1.86 bits per heavy atom. The smallest absolute Gasteiger partial charge is 0.307 e. The van der Waals surface area contributed by atoms with Gasteiger partial charge in [-0.25, -0.2) is 0 Å². The Hall–Kier alpha value is -2.90. The third-order valence-corrected chi connectivity index (χ3v) is 10.1. The van der Waals surface area contributed by atoms with Crippen LogP contribution in [0.1, 0.15) is 72.0 Å². The maximum atomic E-state index is 14.2. The first-order valence-corrected chi connectivity index (χ1v) is 13.1. The molecule has 8 heteroatoms. The van der Waals surface area contributed by atoms with Crippen molar-refractivity contribution in [1.29, 1.82) is 0 Å². The maximum Gasteiger partial charge on any atom is 0.307 e. The van der Waals surface area contributed by atoms with Crippen LogP contribution in [-0.4, -0.2) is 36.9 Å². The molecule has 0 aromatic carbocycles. The summed E-state index contributed by atoms with van der Waals surface area (Å²) in [5.41, 5.74) is -0.0680. The molecule has 5 rings (SSSR count). The van der Waals surface area contributed by atoms with E-state index in [0.29, 0.717) is 6.42 Å². The van der Waals surface area contributed by atoms with E-state index < -0.39 is 52.2 Å². The lowest BCUT2D eigenvalue weighted by Gasteiger charge is -2.63. The molecule has 2 heterocycles. The number of carbonyl (C=O) groups is 4. The highest BCUT2D eigenvalue weighted by Crippen LogP contribution is 2.68. The number of ether oxygens (including phenoxy) is 3. The molecule has 0 radical (unpaired) electrons. The highest BCUT2D eigenvalue weighted by molar-refractivity contribution is 5.93. The highest BCUT2D eigenvalue weighted by Gasteiger charge is 2.68. The van der Waals surface area contributed by atoms with Gasteiger partial charge in [-0.05, 0) is 36.7 Å². The van der Waals surface area contributed by atoms with Crippen molar-refractivity contribution in [2.24, 2.45) is 39.9 Å². The van der Waals surface area contributed by atoms with Crippen LogP contribution >= 0.6 is 0 Å². The van der Waals surface area contributed by atoms with Gasteiger partial charge in [0.25, 0.3) is 0 Å². The van der Waals surface area contributed by atoms with E-state index in [2.05, 4.69) is 6.92 Å². The van der Waals surface area contributed by atoms with Gasteiger partial charge in [0.05, 0.1) is 32.0 Å². The van der Waals surface area contributed by atoms with Gasteiger partial charge in [0.1, 0.15) is 18.0 Å². The van der Waals surface area contributed by atoms with Gasteiger partial charge >= 0.3 is 17.9 Å². The number of rotatable bonds is 4. The zero-order chi connectivity index (χ0) is 26.9. The molecule has 1 aromatic rings. The minimum atomic E-state index is -0.878. The van der Waals surface area contributed by atoms with Crippen molar-refractivity contribution in [3.8, 4) is 0 Å². The SMILES string of the molecule is COC(=O)C[C@H]1C(C)(C)[C@H](OC(C)=O)[C@H]2C=C3C(CC[C@]4(C)C3CC(=O)O[C@H]4c3ccoc3)[C@]1(C)C2=O. The van der Waals surface area contributed by atoms with E-state index in [0.717, 1.165) is 17.6 Å². The summed E-state index contributed by atoms with van der Waals surface area (Å²) < 4.78 is 22.1. The Balaban J connectivity index is 1.66. The number of Topliss-reactive ketones (excluding diaryl/α,β-unsaturated/α-hetero) is 1. The molecule has 2 unspecified atom stereocenters. The summed E-state index contributed by atoms with van der Waals surface area (Å²) in [6.07, 6.45) is 5.72. The molecule has 3 aliphatic carbocycles. The summed E-state index contributed by atoms with van der Waals surface area (Å²) in [6, 6.07) is 1.83. The molecule has 2 bridgehead atoms. The first-order chi connectivity index (χ1) is 17.4. The molecule has 37 heavy (non-hydrogen) atoms. The van der Waals surface area contributed by atoms with Crippen molar-refractivity contribution in [2.75, 3.05) is 7.11 Å². The fourth-order valence-corrected chi connectivity index (χ4v) is 8.33. The number of methoxy groups -OCH3 is 1. The van der Waals surface area contributed by atoms with Crippen LogP contribution in [0.25, 0.3) is 0 Å². The van der Waals surface area contributed by atoms with Crippen molar-refractivity contribution in [1.82, 2.24) is 0 Å². The monoisotopic (exact) mass is 512 g/mol. The number of hydrogen-bond acceptors (Lipinski definition) is 8. The summed E-state index contributed by atoms with van der Waals surface area (Å²) >= 11 is 0. The fourth-order valence-electron chi connectivity index (χ4n) is 8.33. The van der Waals surface area contributed by atoms with Crippen molar-refractivity contribution < 1.29 is 37.8 Å². The Morgan fingerprint density at radius 3 is 2.49 bits per heavy atom. The Labute approximate surface area is 217 Å². The second-order valence-corrected chi connectivity index (χ2v) is 12.3. The van der Waals surface area contributed by atoms with Gasteiger partial charge < -0.3 is 18.6 Å². The summed E-state index contributed by atoms with van der Waals surface area (Å²) in [5.74, 6) is -2.53. The predicted octanol–water partition coefficient (Wildman–Crippen LogP) is 4.58. The third kappa shape index (κ3) is 3.62. The number of furan rings is 1. The number of allylic oxidation sites excluding steroid dienone is 1. The standard InChI is InChI=1S/C29H36O8/c1-15(30)36-26-18-11-17-19(29(5,24(18)33)21(27(26,2)3)13-22(31)34-6)7-9-28(4)20(17)12-23(32)37-25(28)16-8-10-35-14-16/h8,10-11,14,18-21,25-26H,7,9,12-13H2,1-6H3/t18-,19?,20?,21-,25-,26+,28+,29-/m0/s1. The normalized spacial score (nSPS) is 40.0. The predicted molar refractivity (Wildman–Crippen MR) is 131 cm³/mol. The van der Waals surface area contributed by atoms with Crippen molar-refractivity contribution in [3.63, 3.8) is 0 Å². The molecule has 200 valence electrons. The number of hydrogen-bond donors (Lipinski definition) is 0. The first kappa shape index (κ1) is 25.7. The quantitative estimate of drug-likeness (QED) is 0.328. The first-order valence-electron chi connectivity index (χ1n) is 13.1. The van der Waals surface area contributed by atoms with Gasteiger partial charge in [-0.3, -0.25) is 19.2 Å².